The Kier molecular flexibility index (Phi) is 5.04. The van der Waals surface area contributed by atoms with Crippen molar-refractivity contribution in [3.05, 3.63) is 65.2 Å². The summed E-state index contributed by atoms with van der Waals surface area (Å²) in [5, 5.41) is 0. The molecular formula is C24H32N2. The van der Waals surface area contributed by atoms with Gasteiger partial charge in [-0.3, -0.25) is 4.90 Å². The zero-order chi connectivity index (χ0) is 18.1. The molecule has 0 aliphatic carbocycles. The molecule has 138 valence electrons. The van der Waals surface area contributed by atoms with E-state index < -0.39 is 0 Å². The second-order valence-electron chi connectivity index (χ2n) is 8.52. The molecule has 26 heavy (non-hydrogen) atoms. The number of hydrogen-bond acceptors (Lipinski definition) is 2. The SMILES string of the molecule is CC(CC1Cc2ccccc2N(C(C)C)C1)N1CCc2ccccc2C1. The Bertz CT molecular complexity index is 751. The van der Waals surface area contributed by atoms with Crippen LogP contribution in [0, 0.1) is 5.92 Å². The molecule has 0 aromatic heterocycles. The van der Waals surface area contributed by atoms with E-state index in [0.29, 0.717) is 12.1 Å². The zero-order valence-corrected chi connectivity index (χ0v) is 16.5. The summed E-state index contributed by atoms with van der Waals surface area (Å²) in [6.07, 6.45) is 3.72. The van der Waals surface area contributed by atoms with E-state index in [1.54, 1.807) is 5.56 Å². The summed E-state index contributed by atoms with van der Waals surface area (Å²) < 4.78 is 0. The van der Waals surface area contributed by atoms with Crippen molar-refractivity contribution >= 4 is 5.69 Å². The minimum Gasteiger partial charge on any atom is -0.369 e. The van der Waals surface area contributed by atoms with Crippen LogP contribution in [0.3, 0.4) is 0 Å². The van der Waals surface area contributed by atoms with Crippen LogP contribution in [0.15, 0.2) is 48.5 Å². The van der Waals surface area contributed by atoms with E-state index in [0.717, 1.165) is 12.5 Å². The third kappa shape index (κ3) is 3.53. The van der Waals surface area contributed by atoms with Gasteiger partial charge in [-0.15, -0.1) is 0 Å². The maximum Gasteiger partial charge on any atom is 0.0401 e. The molecular weight excluding hydrogens is 316 g/mol. The molecule has 0 bridgehead atoms. The minimum atomic E-state index is 0.566. The normalized spacial score (nSPS) is 21.4. The predicted octanol–water partition coefficient (Wildman–Crippen LogP) is 4.91. The summed E-state index contributed by atoms with van der Waals surface area (Å²) in [5.41, 5.74) is 6.07. The van der Waals surface area contributed by atoms with Crippen molar-refractivity contribution in [1.82, 2.24) is 4.90 Å². The summed E-state index contributed by atoms with van der Waals surface area (Å²) in [4.78, 5) is 5.31. The van der Waals surface area contributed by atoms with Crippen molar-refractivity contribution < 1.29 is 0 Å². The first-order valence-electron chi connectivity index (χ1n) is 10.3. The van der Waals surface area contributed by atoms with Gasteiger partial charge < -0.3 is 4.90 Å². The number of para-hydroxylation sites is 1. The molecule has 2 aromatic rings. The lowest BCUT2D eigenvalue weighted by Crippen LogP contribution is -2.44. The lowest BCUT2D eigenvalue weighted by molar-refractivity contribution is 0.163. The molecule has 0 N–H and O–H groups in total. The van der Waals surface area contributed by atoms with Crippen molar-refractivity contribution in [2.45, 2.75) is 58.7 Å². The quantitative estimate of drug-likeness (QED) is 0.774. The van der Waals surface area contributed by atoms with E-state index in [1.807, 2.05) is 0 Å². The summed E-state index contributed by atoms with van der Waals surface area (Å²) in [6, 6.07) is 19.2. The van der Waals surface area contributed by atoms with Gasteiger partial charge in [0.2, 0.25) is 0 Å². The first-order chi connectivity index (χ1) is 12.6. The summed E-state index contributed by atoms with van der Waals surface area (Å²) in [6.45, 7) is 10.6. The molecule has 4 rings (SSSR count). The van der Waals surface area contributed by atoms with E-state index in [1.165, 1.54) is 49.2 Å². The molecule has 0 spiro atoms. The largest absolute Gasteiger partial charge is 0.369 e. The first-order valence-corrected chi connectivity index (χ1v) is 10.3. The van der Waals surface area contributed by atoms with Crippen LogP contribution in [0.25, 0.3) is 0 Å². The highest BCUT2D eigenvalue weighted by Crippen LogP contribution is 2.33. The zero-order valence-electron chi connectivity index (χ0n) is 16.5. The predicted molar refractivity (Wildman–Crippen MR) is 111 cm³/mol. The van der Waals surface area contributed by atoms with E-state index in [4.69, 9.17) is 0 Å². The van der Waals surface area contributed by atoms with E-state index in [9.17, 15) is 0 Å². The lowest BCUT2D eigenvalue weighted by atomic mass is 9.86. The topological polar surface area (TPSA) is 6.48 Å². The van der Waals surface area contributed by atoms with Crippen molar-refractivity contribution in [3.8, 4) is 0 Å². The van der Waals surface area contributed by atoms with Crippen LogP contribution in [0.4, 0.5) is 5.69 Å². The molecule has 0 fully saturated rings. The lowest BCUT2D eigenvalue weighted by Gasteiger charge is -2.41. The average Bonchev–Trinajstić information content (AvgIpc) is 2.66. The van der Waals surface area contributed by atoms with E-state index in [2.05, 4.69) is 79.1 Å². The molecule has 0 amide bonds. The fourth-order valence-corrected chi connectivity index (χ4v) is 4.89. The number of rotatable bonds is 4. The van der Waals surface area contributed by atoms with Gasteiger partial charge in [-0.2, -0.15) is 0 Å². The summed E-state index contributed by atoms with van der Waals surface area (Å²) >= 11 is 0. The van der Waals surface area contributed by atoms with Crippen molar-refractivity contribution in [2.24, 2.45) is 5.92 Å². The van der Waals surface area contributed by atoms with Gasteiger partial charge >= 0.3 is 0 Å². The number of nitrogens with zero attached hydrogens (tertiary/aromatic N) is 2. The molecule has 2 unspecified atom stereocenters. The Balaban J connectivity index is 1.44. The Morgan fingerprint density at radius 3 is 2.38 bits per heavy atom. The molecule has 0 saturated heterocycles. The van der Waals surface area contributed by atoms with Crippen LogP contribution in [0.1, 0.15) is 43.9 Å². The van der Waals surface area contributed by atoms with Crippen LogP contribution in [0.5, 0.6) is 0 Å². The fraction of sp³-hybridized carbons (Fsp3) is 0.500. The minimum absolute atomic E-state index is 0.566. The molecule has 2 nitrogen and oxygen atoms in total. The highest BCUT2D eigenvalue weighted by Gasteiger charge is 2.29. The molecule has 2 aromatic carbocycles. The van der Waals surface area contributed by atoms with Crippen molar-refractivity contribution in [2.75, 3.05) is 18.0 Å². The van der Waals surface area contributed by atoms with Crippen LogP contribution in [-0.4, -0.2) is 30.1 Å². The smallest absolute Gasteiger partial charge is 0.0401 e. The Labute approximate surface area is 158 Å². The van der Waals surface area contributed by atoms with Gasteiger partial charge in [0, 0.05) is 37.4 Å². The van der Waals surface area contributed by atoms with Gasteiger partial charge in [-0.1, -0.05) is 42.5 Å². The second-order valence-corrected chi connectivity index (χ2v) is 8.52. The van der Waals surface area contributed by atoms with Gasteiger partial charge in [0.05, 0.1) is 0 Å². The molecule has 2 heteroatoms. The summed E-state index contributed by atoms with van der Waals surface area (Å²) in [7, 11) is 0. The Morgan fingerprint density at radius 2 is 1.62 bits per heavy atom. The Hall–Kier alpha value is -1.80. The van der Waals surface area contributed by atoms with Crippen molar-refractivity contribution in [1.29, 1.82) is 0 Å². The van der Waals surface area contributed by atoms with E-state index >= 15 is 0 Å². The summed E-state index contributed by atoms with van der Waals surface area (Å²) in [5.74, 6) is 0.750. The fourth-order valence-electron chi connectivity index (χ4n) is 4.89. The maximum atomic E-state index is 2.70. The van der Waals surface area contributed by atoms with Crippen molar-refractivity contribution in [3.63, 3.8) is 0 Å². The number of hydrogen-bond donors (Lipinski definition) is 0. The molecule has 2 heterocycles. The standard InChI is InChI=1S/C24H32N2/c1-18(2)26-16-20(15-22-9-6-7-11-24(22)26)14-19(3)25-13-12-21-8-4-5-10-23(21)17-25/h4-11,18-20H,12-17H2,1-3H3. The van der Waals surface area contributed by atoms with Gasteiger partial charge in [0.25, 0.3) is 0 Å². The molecule has 0 saturated carbocycles. The first kappa shape index (κ1) is 17.6. The molecule has 2 atom stereocenters. The number of fused-ring (bicyclic) bond motifs is 2. The van der Waals surface area contributed by atoms with Gasteiger partial charge in [-0.05, 0) is 68.7 Å². The third-order valence-corrected chi connectivity index (χ3v) is 6.35. The van der Waals surface area contributed by atoms with Crippen LogP contribution in [0.2, 0.25) is 0 Å². The Morgan fingerprint density at radius 1 is 0.923 bits per heavy atom. The van der Waals surface area contributed by atoms with Gasteiger partial charge in [0.15, 0.2) is 0 Å². The average molecular weight is 349 g/mol. The molecule has 0 radical (unpaired) electrons. The van der Waals surface area contributed by atoms with Crippen LogP contribution < -0.4 is 4.90 Å². The van der Waals surface area contributed by atoms with Crippen LogP contribution >= 0.6 is 0 Å². The molecule has 2 aliphatic rings. The monoisotopic (exact) mass is 348 g/mol. The highest BCUT2D eigenvalue weighted by atomic mass is 15.2. The highest BCUT2D eigenvalue weighted by molar-refractivity contribution is 5.56. The maximum absolute atomic E-state index is 2.70. The van der Waals surface area contributed by atoms with Gasteiger partial charge in [-0.25, -0.2) is 0 Å². The number of benzene rings is 2. The van der Waals surface area contributed by atoms with Crippen LogP contribution in [-0.2, 0) is 19.4 Å². The molecule has 2 aliphatic heterocycles. The third-order valence-electron chi connectivity index (χ3n) is 6.35. The second kappa shape index (κ2) is 7.44. The van der Waals surface area contributed by atoms with Gasteiger partial charge in [0.1, 0.15) is 0 Å². The number of anilines is 1. The van der Waals surface area contributed by atoms with E-state index in [-0.39, 0.29) is 0 Å².